The van der Waals surface area contributed by atoms with Crippen molar-refractivity contribution < 1.29 is 29.0 Å². The number of amides is 5. The lowest BCUT2D eigenvalue weighted by Crippen LogP contribution is -2.59. The van der Waals surface area contributed by atoms with Crippen molar-refractivity contribution in [3.05, 3.63) is 70.2 Å². The van der Waals surface area contributed by atoms with Crippen LogP contribution in [0.3, 0.4) is 0 Å². The molecule has 12 heteroatoms. The van der Waals surface area contributed by atoms with Crippen molar-refractivity contribution in [1.82, 2.24) is 26.0 Å². The van der Waals surface area contributed by atoms with E-state index < -0.39 is 46.4 Å². The third-order valence-corrected chi connectivity index (χ3v) is 7.53. The molecule has 2 rings (SSSR count). The fourth-order valence-electron chi connectivity index (χ4n) is 4.68. The van der Waals surface area contributed by atoms with Crippen LogP contribution in [0.1, 0.15) is 59.1 Å². The molecule has 2 aromatic carbocycles. The van der Waals surface area contributed by atoms with Gasteiger partial charge < -0.3 is 20.5 Å². The number of benzene rings is 2. The first-order chi connectivity index (χ1) is 20.9. The number of aliphatic hydroxyl groups is 1. The van der Waals surface area contributed by atoms with Gasteiger partial charge in [-0.15, -0.1) is 0 Å². The summed E-state index contributed by atoms with van der Waals surface area (Å²) in [4.78, 5) is 53.8. The minimum atomic E-state index is -2.00. The molecule has 2 aromatic rings. The summed E-state index contributed by atoms with van der Waals surface area (Å²) in [6.07, 6.45) is -0.931. The number of hydrazine groups is 1. The van der Waals surface area contributed by atoms with Crippen molar-refractivity contribution in [2.24, 2.45) is 10.8 Å². The van der Waals surface area contributed by atoms with E-state index in [2.05, 4.69) is 32.0 Å². The summed E-state index contributed by atoms with van der Waals surface area (Å²) in [6.45, 7) is 11.5. The van der Waals surface area contributed by atoms with Crippen LogP contribution in [0.2, 0.25) is 0 Å². The van der Waals surface area contributed by atoms with Gasteiger partial charge in [0.1, 0.15) is 11.6 Å². The minimum Gasteiger partial charge on any atom is -0.453 e. The van der Waals surface area contributed by atoms with Gasteiger partial charge in [-0.05, 0) is 34.1 Å². The van der Waals surface area contributed by atoms with Crippen LogP contribution >= 0.6 is 15.9 Å². The Kier molecular flexibility index (Phi) is 13.6. The maximum absolute atomic E-state index is 14.1. The molecule has 0 aliphatic rings. The molecule has 0 spiro atoms. The van der Waals surface area contributed by atoms with Gasteiger partial charge in [0.25, 0.3) is 11.8 Å². The van der Waals surface area contributed by atoms with Crippen molar-refractivity contribution in [2.45, 2.75) is 72.6 Å². The zero-order valence-corrected chi connectivity index (χ0v) is 29.2. The first-order valence-corrected chi connectivity index (χ1v) is 15.6. The van der Waals surface area contributed by atoms with Gasteiger partial charge in [0.05, 0.1) is 7.11 Å². The van der Waals surface area contributed by atoms with Gasteiger partial charge in [-0.1, -0.05) is 99.9 Å². The Balaban J connectivity index is 2.49. The zero-order valence-electron chi connectivity index (χ0n) is 27.6. The molecular weight excluding hydrogens is 642 g/mol. The highest BCUT2D eigenvalue weighted by molar-refractivity contribution is 9.10. The van der Waals surface area contributed by atoms with Gasteiger partial charge in [0.2, 0.25) is 0 Å². The number of carbonyl (C=O) groups is 4. The largest absolute Gasteiger partial charge is 0.453 e. The molecule has 0 saturated heterocycles. The van der Waals surface area contributed by atoms with E-state index in [0.717, 1.165) is 14.9 Å². The van der Waals surface area contributed by atoms with E-state index >= 15 is 0 Å². The quantitative estimate of drug-likeness (QED) is 0.238. The summed E-state index contributed by atoms with van der Waals surface area (Å²) in [5.74, 6) is -1.24. The van der Waals surface area contributed by atoms with Crippen LogP contribution in [0.4, 0.5) is 9.59 Å². The van der Waals surface area contributed by atoms with Gasteiger partial charge in [-0.2, -0.15) is 0 Å². The average Bonchev–Trinajstić information content (AvgIpc) is 2.97. The van der Waals surface area contributed by atoms with E-state index in [0.29, 0.717) is 5.56 Å². The van der Waals surface area contributed by atoms with E-state index in [1.165, 1.54) is 14.2 Å². The van der Waals surface area contributed by atoms with Crippen LogP contribution in [-0.4, -0.2) is 77.8 Å². The number of rotatable bonds is 12. The van der Waals surface area contributed by atoms with Gasteiger partial charge in [-0.3, -0.25) is 19.9 Å². The molecule has 5 amide bonds. The highest BCUT2D eigenvalue weighted by Crippen LogP contribution is 2.26. The SMILES string of the molecule is CNC(=O)N(CC(C)(C)C)C(=O)C(O)(CCN(Cc1ccc(Br)cc1)NC(=O)C(NC(=O)OC)C(C)(C)C)Cc1ccccc1. The second-order valence-electron chi connectivity index (χ2n) is 13.4. The van der Waals surface area contributed by atoms with E-state index in [1.807, 2.05) is 84.0 Å². The molecule has 11 nitrogen and oxygen atoms in total. The fraction of sp³-hybridized carbons (Fsp3) is 0.515. The molecule has 0 aliphatic heterocycles. The smallest absolute Gasteiger partial charge is 0.407 e. The van der Waals surface area contributed by atoms with Crippen LogP contribution in [0.5, 0.6) is 0 Å². The third kappa shape index (κ3) is 12.1. The van der Waals surface area contributed by atoms with Crippen molar-refractivity contribution in [3.8, 4) is 0 Å². The van der Waals surface area contributed by atoms with Crippen molar-refractivity contribution in [1.29, 1.82) is 0 Å². The molecule has 4 N–H and O–H groups in total. The topological polar surface area (TPSA) is 140 Å². The van der Waals surface area contributed by atoms with Crippen LogP contribution < -0.4 is 16.1 Å². The number of urea groups is 1. The zero-order chi connectivity index (χ0) is 34.0. The number of hydrogen-bond acceptors (Lipinski definition) is 7. The summed E-state index contributed by atoms with van der Waals surface area (Å²) in [5.41, 5.74) is 1.33. The summed E-state index contributed by atoms with van der Waals surface area (Å²) < 4.78 is 5.62. The van der Waals surface area contributed by atoms with Crippen LogP contribution in [0, 0.1) is 10.8 Å². The molecular formula is C33H48BrN5O6. The Morgan fingerprint density at radius 3 is 2.04 bits per heavy atom. The second-order valence-corrected chi connectivity index (χ2v) is 14.3. The first-order valence-electron chi connectivity index (χ1n) is 14.8. The van der Waals surface area contributed by atoms with Gasteiger partial charge in [0.15, 0.2) is 0 Å². The number of carbonyl (C=O) groups excluding carboxylic acids is 4. The summed E-state index contributed by atoms with van der Waals surface area (Å²) >= 11 is 3.44. The molecule has 2 unspecified atom stereocenters. The normalized spacial score (nSPS) is 13.8. The lowest BCUT2D eigenvalue weighted by atomic mass is 9.86. The molecule has 0 aliphatic carbocycles. The number of imide groups is 1. The van der Waals surface area contributed by atoms with Crippen molar-refractivity contribution in [2.75, 3.05) is 27.2 Å². The lowest BCUT2D eigenvalue weighted by molar-refractivity contribution is -0.150. The van der Waals surface area contributed by atoms with Crippen LogP contribution in [0.25, 0.3) is 0 Å². The third-order valence-electron chi connectivity index (χ3n) is 7.00. The molecule has 45 heavy (non-hydrogen) atoms. The monoisotopic (exact) mass is 689 g/mol. The Morgan fingerprint density at radius 2 is 1.53 bits per heavy atom. The average molecular weight is 691 g/mol. The number of alkyl carbamates (subject to hydrolysis) is 1. The molecule has 2 atom stereocenters. The van der Waals surface area contributed by atoms with E-state index in [1.54, 1.807) is 17.1 Å². The van der Waals surface area contributed by atoms with Crippen LogP contribution in [0.15, 0.2) is 59.1 Å². The molecule has 0 heterocycles. The molecule has 0 fully saturated rings. The lowest BCUT2D eigenvalue weighted by Gasteiger charge is -2.37. The number of methoxy groups -OCH3 is 1. The summed E-state index contributed by atoms with van der Waals surface area (Å²) in [5, 5.41) is 18.8. The van der Waals surface area contributed by atoms with Gasteiger partial charge in [-0.25, -0.2) is 14.6 Å². The highest BCUT2D eigenvalue weighted by Gasteiger charge is 2.43. The fourth-order valence-corrected chi connectivity index (χ4v) is 4.94. The summed E-state index contributed by atoms with van der Waals surface area (Å²) in [6, 6.07) is 15.0. The minimum absolute atomic E-state index is 0.0308. The predicted octanol–water partition coefficient (Wildman–Crippen LogP) is 4.63. The Labute approximate surface area is 275 Å². The van der Waals surface area contributed by atoms with Crippen LogP contribution in [-0.2, 0) is 27.3 Å². The van der Waals surface area contributed by atoms with E-state index in [-0.39, 0.29) is 32.5 Å². The van der Waals surface area contributed by atoms with Gasteiger partial charge >= 0.3 is 12.1 Å². The number of halogens is 1. The number of nitrogens with zero attached hydrogens (tertiary/aromatic N) is 2. The maximum Gasteiger partial charge on any atom is 0.407 e. The molecule has 248 valence electrons. The molecule has 0 aromatic heterocycles. The Bertz CT molecular complexity index is 1290. The Morgan fingerprint density at radius 1 is 0.933 bits per heavy atom. The standard InChI is InChI=1S/C33H48BrN5O6/c1-31(2,3)22-39(29(42)35-7)28(41)33(44,20-23-12-10-9-11-13-23)18-19-38(21-24-14-16-25(34)17-15-24)37-27(40)26(32(4,5)6)36-30(43)45-8/h9-17,26,44H,18-22H2,1-8H3,(H,35,42)(H,36,43)(H,37,40). The molecule has 0 saturated carbocycles. The molecule has 0 radical (unpaired) electrons. The van der Waals surface area contributed by atoms with Crippen molar-refractivity contribution in [3.63, 3.8) is 0 Å². The Hall–Kier alpha value is -3.48. The highest BCUT2D eigenvalue weighted by atomic mass is 79.9. The number of ether oxygens (including phenoxy) is 1. The van der Waals surface area contributed by atoms with E-state index in [9.17, 15) is 24.3 Å². The first kappa shape index (κ1) is 37.7. The second kappa shape index (κ2) is 16.2. The molecule has 0 bridgehead atoms. The van der Waals surface area contributed by atoms with Gasteiger partial charge in [0, 0.05) is 44.0 Å². The number of hydrogen-bond donors (Lipinski definition) is 4. The maximum atomic E-state index is 14.1. The summed E-state index contributed by atoms with van der Waals surface area (Å²) in [7, 11) is 2.66. The predicted molar refractivity (Wildman–Crippen MR) is 177 cm³/mol. The van der Waals surface area contributed by atoms with Crippen molar-refractivity contribution >= 4 is 39.9 Å². The number of nitrogens with one attached hydrogen (secondary N) is 3. The van der Waals surface area contributed by atoms with E-state index in [4.69, 9.17) is 4.74 Å².